The number of benzene rings is 3. The third-order valence-electron chi connectivity index (χ3n) is 5.82. The van der Waals surface area contributed by atoms with Gasteiger partial charge in [-0.15, -0.1) is 0 Å². The molecule has 4 rings (SSSR count). The molecule has 0 aliphatic heterocycles. The molecule has 0 saturated heterocycles. The Morgan fingerprint density at radius 2 is 1.63 bits per heavy atom. The molecule has 0 saturated carbocycles. The van der Waals surface area contributed by atoms with Crippen molar-refractivity contribution in [3.8, 4) is 17.6 Å². The lowest BCUT2D eigenvalue weighted by Gasteiger charge is -2.19. The first-order valence-electron chi connectivity index (χ1n) is 11.8. The van der Waals surface area contributed by atoms with Crippen molar-refractivity contribution in [2.75, 3.05) is 30.9 Å². The van der Waals surface area contributed by atoms with E-state index in [2.05, 4.69) is 20.0 Å². The van der Waals surface area contributed by atoms with Gasteiger partial charge < -0.3 is 19.9 Å². The molecule has 0 radical (unpaired) electrons. The summed E-state index contributed by atoms with van der Waals surface area (Å²) in [4.78, 5) is 9.18. The molecule has 4 aromatic rings. The van der Waals surface area contributed by atoms with Gasteiger partial charge in [0.25, 0.3) is 10.0 Å². The van der Waals surface area contributed by atoms with Gasteiger partial charge in [0.05, 0.1) is 47.5 Å². The Morgan fingerprint density at radius 1 is 0.947 bits per heavy atom. The van der Waals surface area contributed by atoms with Crippen molar-refractivity contribution in [1.29, 1.82) is 5.26 Å². The van der Waals surface area contributed by atoms with Crippen LogP contribution in [0.25, 0.3) is 11.0 Å². The molecule has 1 heterocycles. The van der Waals surface area contributed by atoms with E-state index in [0.29, 0.717) is 53.0 Å². The van der Waals surface area contributed by atoms with Crippen LogP contribution in [0.3, 0.4) is 0 Å². The number of aliphatic hydroxyl groups excluding tert-OH is 1. The van der Waals surface area contributed by atoms with Crippen LogP contribution in [-0.4, -0.2) is 44.3 Å². The lowest BCUT2D eigenvalue weighted by molar-refractivity contribution is 0.284. The molecule has 1 aromatic heterocycles. The molecule has 0 fully saturated rings. The number of sulfonamides is 1. The van der Waals surface area contributed by atoms with E-state index in [1.165, 1.54) is 31.4 Å². The normalized spacial score (nSPS) is 11.1. The summed E-state index contributed by atoms with van der Waals surface area (Å²) < 4.78 is 40.0. The number of para-hydroxylation sites is 2. The number of nitriles is 1. The number of hydrogen-bond acceptors (Lipinski definition) is 9. The van der Waals surface area contributed by atoms with E-state index in [1.807, 2.05) is 12.1 Å². The minimum absolute atomic E-state index is 0.00356. The third kappa shape index (κ3) is 5.94. The molecular weight excluding hydrogens is 506 g/mol. The molecule has 3 aromatic carbocycles. The Balaban J connectivity index is 1.80. The Hall–Kier alpha value is -4.40. The highest BCUT2D eigenvalue weighted by atomic mass is 32.2. The predicted molar refractivity (Wildman–Crippen MR) is 144 cm³/mol. The maximum absolute atomic E-state index is 13.2. The highest BCUT2D eigenvalue weighted by Crippen LogP contribution is 2.37. The zero-order valence-electron chi connectivity index (χ0n) is 20.9. The molecule has 0 amide bonds. The number of aromatic nitrogens is 2. The smallest absolute Gasteiger partial charge is 0.263 e. The topological polar surface area (TPSA) is 146 Å². The zero-order chi connectivity index (χ0) is 27.1. The van der Waals surface area contributed by atoms with Crippen molar-refractivity contribution in [2.45, 2.75) is 24.2 Å². The molecular formula is C27H27N5O5S. The number of methoxy groups -OCH3 is 2. The minimum atomic E-state index is -4.05. The number of nitrogens with zero attached hydrogens (tertiary/aromatic N) is 3. The van der Waals surface area contributed by atoms with Crippen molar-refractivity contribution in [3.05, 3.63) is 71.8 Å². The van der Waals surface area contributed by atoms with Crippen molar-refractivity contribution >= 4 is 38.4 Å². The van der Waals surface area contributed by atoms with Crippen molar-refractivity contribution in [2.24, 2.45) is 0 Å². The van der Waals surface area contributed by atoms with Gasteiger partial charge in [0.2, 0.25) is 0 Å². The van der Waals surface area contributed by atoms with Crippen LogP contribution >= 0.6 is 0 Å². The number of ether oxygens (including phenoxy) is 2. The van der Waals surface area contributed by atoms with Crippen LogP contribution in [0.2, 0.25) is 0 Å². The first kappa shape index (κ1) is 26.7. The number of rotatable bonds is 11. The summed E-state index contributed by atoms with van der Waals surface area (Å²) >= 11 is 0. The van der Waals surface area contributed by atoms with Gasteiger partial charge in [0.1, 0.15) is 11.5 Å². The number of unbranched alkanes of at least 4 members (excludes halogenated alkanes) is 1. The van der Waals surface area contributed by atoms with Gasteiger partial charge >= 0.3 is 0 Å². The highest BCUT2D eigenvalue weighted by Gasteiger charge is 2.21. The van der Waals surface area contributed by atoms with Crippen LogP contribution in [0.15, 0.2) is 65.6 Å². The molecule has 0 bridgehead atoms. The highest BCUT2D eigenvalue weighted by molar-refractivity contribution is 7.92. The molecule has 0 spiro atoms. The molecule has 38 heavy (non-hydrogen) atoms. The minimum Gasteiger partial charge on any atom is -0.497 e. The second kappa shape index (κ2) is 11.8. The number of fused-ring (bicyclic) bond motifs is 1. The Labute approximate surface area is 220 Å². The lowest BCUT2D eigenvalue weighted by Crippen LogP contribution is -2.16. The van der Waals surface area contributed by atoms with Crippen molar-refractivity contribution in [3.63, 3.8) is 0 Å². The van der Waals surface area contributed by atoms with E-state index in [0.717, 1.165) is 5.56 Å². The maximum atomic E-state index is 13.2. The number of aliphatic hydroxyl groups is 1. The van der Waals surface area contributed by atoms with Gasteiger partial charge in [-0.25, -0.2) is 18.4 Å². The summed E-state index contributed by atoms with van der Waals surface area (Å²) in [6.45, 7) is 0.0681. The molecule has 0 unspecified atom stereocenters. The van der Waals surface area contributed by atoms with E-state index in [9.17, 15) is 13.5 Å². The summed E-state index contributed by atoms with van der Waals surface area (Å²) in [6, 6.07) is 18.2. The van der Waals surface area contributed by atoms with Gasteiger partial charge in [0, 0.05) is 24.3 Å². The largest absolute Gasteiger partial charge is 0.497 e. The molecule has 0 aliphatic carbocycles. The number of nitrogens with one attached hydrogen (secondary N) is 2. The van der Waals surface area contributed by atoms with E-state index in [4.69, 9.17) is 14.7 Å². The van der Waals surface area contributed by atoms with Gasteiger partial charge in [-0.1, -0.05) is 12.1 Å². The fourth-order valence-corrected chi connectivity index (χ4v) is 4.89. The van der Waals surface area contributed by atoms with Crippen LogP contribution < -0.4 is 19.5 Å². The molecule has 11 heteroatoms. The van der Waals surface area contributed by atoms with E-state index in [1.54, 1.807) is 37.4 Å². The lowest BCUT2D eigenvalue weighted by atomic mass is 10.0. The molecule has 196 valence electrons. The average molecular weight is 534 g/mol. The molecule has 3 N–H and O–H groups in total. The van der Waals surface area contributed by atoms with Gasteiger partial charge in [-0.05, 0) is 55.7 Å². The average Bonchev–Trinajstić information content (AvgIpc) is 2.93. The van der Waals surface area contributed by atoms with E-state index < -0.39 is 10.0 Å². The number of hydrogen-bond donors (Lipinski definition) is 3. The van der Waals surface area contributed by atoms with Crippen LogP contribution in [-0.2, 0) is 16.4 Å². The van der Waals surface area contributed by atoms with Gasteiger partial charge in [-0.3, -0.25) is 4.72 Å². The van der Waals surface area contributed by atoms with Crippen LogP contribution in [0.5, 0.6) is 11.5 Å². The standard InChI is InChI=1S/C27H27N5O5S/c1-36-19-15-24(21(7-5-6-14-33)25(16-19)37-2)31-26-27(30-23-9-4-3-8-22(23)29-26)32-38(34,35)20-12-10-18(17-28)11-13-20/h3-4,8-13,15-16,33H,5-7,14H2,1-2H3,(H,29,31)(H,30,32). The quantitative estimate of drug-likeness (QED) is 0.239. The predicted octanol–water partition coefficient (Wildman–Crippen LogP) is 4.38. The Bertz CT molecular complexity index is 1580. The summed E-state index contributed by atoms with van der Waals surface area (Å²) in [5.41, 5.74) is 2.83. The fraction of sp³-hybridized carbons (Fsp3) is 0.222. The number of anilines is 3. The third-order valence-corrected chi connectivity index (χ3v) is 7.18. The Kier molecular flexibility index (Phi) is 8.25. The zero-order valence-corrected chi connectivity index (χ0v) is 21.7. The van der Waals surface area contributed by atoms with Crippen molar-refractivity contribution < 1.29 is 23.0 Å². The first-order valence-corrected chi connectivity index (χ1v) is 13.3. The molecule has 10 nitrogen and oxygen atoms in total. The fourth-order valence-electron chi connectivity index (χ4n) is 3.88. The maximum Gasteiger partial charge on any atom is 0.263 e. The monoisotopic (exact) mass is 533 g/mol. The SMILES string of the molecule is COc1cc(Nc2nc3ccccc3nc2NS(=O)(=O)c2ccc(C#N)cc2)c(CCCCO)c(OC)c1. The second-order valence-electron chi connectivity index (χ2n) is 8.31. The Morgan fingerprint density at radius 3 is 2.24 bits per heavy atom. The summed E-state index contributed by atoms with van der Waals surface area (Å²) in [5.74, 6) is 1.29. The molecule has 0 aliphatic rings. The molecule has 0 atom stereocenters. The first-order chi connectivity index (χ1) is 18.4. The van der Waals surface area contributed by atoms with E-state index in [-0.39, 0.29) is 23.1 Å². The van der Waals surface area contributed by atoms with Gasteiger partial charge in [0.15, 0.2) is 11.6 Å². The van der Waals surface area contributed by atoms with Crippen molar-refractivity contribution in [1.82, 2.24) is 9.97 Å². The van der Waals surface area contributed by atoms with Crippen LogP contribution in [0.1, 0.15) is 24.0 Å². The second-order valence-corrected chi connectivity index (χ2v) is 10.00. The van der Waals surface area contributed by atoms with Gasteiger partial charge in [-0.2, -0.15) is 5.26 Å². The van der Waals surface area contributed by atoms with E-state index >= 15 is 0 Å². The summed E-state index contributed by atoms with van der Waals surface area (Å²) in [7, 11) is -0.959. The summed E-state index contributed by atoms with van der Waals surface area (Å²) in [6.07, 6.45) is 1.90. The summed E-state index contributed by atoms with van der Waals surface area (Å²) in [5, 5.41) is 21.5. The van der Waals surface area contributed by atoms with Crippen LogP contribution in [0, 0.1) is 11.3 Å². The van der Waals surface area contributed by atoms with Crippen LogP contribution in [0.4, 0.5) is 17.3 Å².